The van der Waals surface area contributed by atoms with Crippen molar-refractivity contribution in [1.82, 2.24) is 15.5 Å². The van der Waals surface area contributed by atoms with Gasteiger partial charge in [-0.15, -0.1) is 0 Å². The zero-order valence-corrected chi connectivity index (χ0v) is 22.8. The first-order valence-corrected chi connectivity index (χ1v) is 14.2. The zero-order valence-electron chi connectivity index (χ0n) is 22.8. The van der Waals surface area contributed by atoms with Gasteiger partial charge in [0, 0.05) is 47.9 Å². The average molecular weight is 549 g/mol. The van der Waals surface area contributed by atoms with Gasteiger partial charge in [-0.2, -0.15) is 13.2 Å². The van der Waals surface area contributed by atoms with Crippen molar-refractivity contribution in [1.29, 1.82) is 0 Å². The van der Waals surface area contributed by atoms with E-state index in [1.165, 1.54) is 0 Å². The highest BCUT2D eigenvalue weighted by Crippen LogP contribution is 2.51. The zero-order chi connectivity index (χ0) is 28.0. The number of rotatable bonds is 8. The van der Waals surface area contributed by atoms with Gasteiger partial charge in [-0.3, -0.25) is 19.7 Å². The molecule has 2 saturated carbocycles. The molecule has 0 bridgehead atoms. The number of carbonyl (C=O) groups is 3. The maximum absolute atomic E-state index is 13.3. The van der Waals surface area contributed by atoms with Crippen molar-refractivity contribution >= 4 is 23.4 Å². The molecular formula is C29H39F3N4O3. The summed E-state index contributed by atoms with van der Waals surface area (Å²) in [5.74, 6) is -0.356. The quantitative estimate of drug-likeness (QED) is 0.402. The van der Waals surface area contributed by atoms with Gasteiger partial charge in [0.1, 0.15) is 6.04 Å². The van der Waals surface area contributed by atoms with E-state index in [2.05, 4.69) is 29.8 Å². The number of fused-ring (bicyclic) bond motifs is 1. The maximum atomic E-state index is 13.3. The van der Waals surface area contributed by atoms with E-state index in [-0.39, 0.29) is 36.4 Å². The fourth-order valence-corrected chi connectivity index (χ4v) is 7.36. The van der Waals surface area contributed by atoms with Crippen LogP contribution in [0.1, 0.15) is 94.0 Å². The molecule has 1 aromatic rings. The summed E-state index contributed by atoms with van der Waals surface area (Å²) in [6.07, 6.45) is 2.09. The van der Waals surface area contributed by atoms with Gasteiger partial charge in [0.25, 0.3) is 5.91 Å². The first-order chi connectivity index (χ1) is 18.3. The van der Waals surface area contributed by atoms with Crippen LogP contribution in [0.5, 0.6) is 0 Å². The number of alkyl halides is 3. The minimum atomic E-state index is -4.16. The number of piperidine rings is 1. The predicted molar refractivity (Wildman–Crippen MR) is 141 cm³/mol. The monoisotopic (exact) mass is 548 g/mol. The van der Waals surface area contributed by atoms with E-state index in [0.29, 0.717) is 29.9 Å². The topological polar surface area (TPSA) is 90.5 Å². The molecule has 3 N–H and O–H groups in total. The molecule has 3 fully saturated rings. The summed E-state index contributed by atoms with van der Waals surface area (Å²) >= 11 is 0. The summed E-state index contributed by atoms with van der Waals surface area (Å²) < 4.78 is 37.9. The van der Waals surface area contributed by atoms with Gasteiger partial charge in [0.15, 0.2) is 0 Å². The van der Waals surface area contributed by atoms with Gasteiger partial charge in [-0.05, 0) is 74.8 Å². The molecule has 1 aromatic carbocycles. The second kappa shape index (κ2) is 10.4. The van der Waals surface area contributed by atoms with Gasteiger partial charge >= 0.3 is 6.18 Å². The van der Waals surface area contributed by atoms with E-state index >= 15 is 0 Å². The smallest absolute Gasteiger partial charge is 0.379 e. The Kier molecular flexibility index (Phi) is 7.45. The minimum Gasteiger partial charge on any atom is -0.379 e. The fourth-order valence-electron chi connectivity index (χ4n) is 7.36. The SMILES string of the molecule is CC1(C)CC(CC2(Nc3cccc4c3CN(C3CCC(=O)NC3=O)C4=O)CCC(NCCC(F)(F)F)CC2)C1. The van der Waals surface area contributed by atoms with Crippen LogP contribution in [0.3, 0.4) is 0 Å². The van der Waals surface area contributed by atoms with Crippen molar-refractivity contribution in [2.45, 2.75) is 108 Å². The largest absolute Gasteiger partial charge is 0.390 e. The number of hydrogen-bond acceptors (Lipinski definition) is 5. The molecule has 0 spiro atoms. The van der Waals surface area contributed by atoms with Crippen LogP contribution < -0.4 is 16.0 Å². The Hall–Kier alpha value is -2.62. The predicted octanol–water partition coefficient (Wildman–Crippen LogP) is 4.91. The van der Waals surface area contributed by atoms with Crippen LogP contribution in [-0.4, -0.2) is 53.0 Å². The van der Waals surface area contributed by atoms with Crippen molar-refractivity contribution in [2.24, 2.45) is 11.3 Å². The summed E-state index contributed by atoms with van der Waals surface area (Å²) in [6, 6.07) is 5.03. The highest BCUT2D eigenvalue weighted by Gasteiger charge is 2.45. The number of hydrogen-bond donors (Lipinski definition) is 3. The fraction of sp³-hybridized carbons (Fsp3) is 0.690. The van der Waals surface area contributed by atoms with E-state index in [9.17, 15) is 27.6 Å². The standard InChI is InChI=1S/C29H39F3N4O3/c1-27(2)14-18(15-27)16-28(10-8-19(9-11-28)33-13-12-29(30,31)32)35-22-5-3-4-20-21(22)17-36(26(20)39)23-6-7-24(37)34-25(23)38/h3-5,18-19,23,33,35H,6-17H2,1-2H3,(H,34,37,38). The van der Waals surface area contributed by atoms with E-state index < -0.39 is 24.5 Å². The number of nitrogens with zero attached hydrogens (tertiary/aromatic N) is 1. The summed E-state index contributed by atoms with van der Waals surface area (Å²) in [4.78, 5) is 39.0. The normalized spacial score (nSPS) is 29.2. The number of imide groups is 1. The molecule has 0 aromatic heterocycles. The Bertz CT molecular complexity index is 1120. The first kappa shape index (κ1) is 27.9. The van der Waals surface area contributed by atoms with E-state index in [4.69, 9.17) is 0 Å². The minimum absolute atomic E-state index is 0.0596. The lowest BCUT2D eigenvalue weighted by atomic mass is 9.59. The molecule has 0 radical (unpaired) electrons. The van der Waals surface area contributed by atoms with Crippen molar-refractivity contribution in [3.63, 3.8) is 0 Å². The number of carbonyl (C=O) groups excluding carboxylic acids is 3. The van der Waals surface area contributed by atoms with Crippen molar-refractivity contribution in [2.75, 3.05) is 11.9 Å². The van der Waals surface area contributed by atoms with Gasteiger partial charge < -0.3 is 15.5 Å². The number of anilines is 1. The van der Waals surface area contributed by atoms with Crippen molar-refractivity contribution in [3.05, 3.63) is 29.3 Å². The Labute approximate surface area is 227 Å². The van der Waals surface area contributed by atoms with Gasteiger partial charge in [-0.25, -0.2) is 0 Å². The van der Waals surface area contributed by atoms with Crippen LogP contribution in [0.4, 0.5) is 18.9 Å². The lowest BCUT2D eigenvalue weighted by molar-refractivity contribution is -0.137. The molecule has 3 amide bonds. The molecule has 7 nitrogen and oxygen atoms in total. The number of amides is 3. The third-order valence-electron chi connectivity index (χ3n) is 9.13. The maximum Gasteiger partial charge on any atom is 0.390 e. The van der Waals surface area contributed by atoms with Crippen LogP contribution >= 0.6 is 0 Å². The molecule has 1 unspecified atom stereocenters. The molecule has 1 atom stereocenters. The molecule has 1 saturated heterocycles. The third kappa shape index (κ3) is 6.26. The summed E-state index contributed by atoms with van der Waals surface area (Å²) in [7, 11) is 0. The molecule has 4 aliphatic rings. The molecule has 10 heteroatoms. The number of benzene rings is 1. The lowest BCUT2D eigenvalue weighted by Gasteiger charge is -2.50. The van der Waals surface area contributed by atoms with Crippen LogP contribution in [0.25, 0.3) is 0 Å². The Morgan fingerprint density at radius 2 is 1.79 bits per heavy atom. The van der Waals surface area contributed by atoms with E-state index in [1.807, 2.05) is 12.1 Å². The second-order valence-corrected chi connectivity index (χ2v) is 12.9. The highest BCUT2D eigenvalue weighted by molar-refractivity contribution is 6.06. The van der Waals surface area contributed by atoms with E-state index in [1.54, 1.807) is 11.0 Å². The molecule has 2 aliphatic carbocycles. The first-order valence-electron chi connectivity index (χ1n) is 14.2. The van der Waals surface area contributed by atoms with E-state index in [0.717, 1.165) is 56.2 Å². The Morgan fingerprint density at radius 1 is 1.08 bits per heavy atom. The summed E-state index contributed by atoms with van der Waals surface area (Å²) in [6.45, 7) is 4.81. The summed E-state index contributed by atoms with van der Waals surface area (Å²) in [5.41, 5.74) is 2.46. The van der Waals surface area contributed by atoms with Crippen LogP contribution in [0.2, 0.25) is 0 Å². The van der Waals surface area contributed by atoms with Gasteiger partial charge in [-0.1, -0.05) is 19.9 Å². The highest BCUT2D eigenvalue weighted by atomic mass is 19.4. The molecule has 5 rings (SSSR count). The molecule has 2 heterocycles. The Morgan fingerprint density at radius 3 is 2.44 bits per heavy atom. The van der Waals surface area contributed by atoms with Crippen molar-refractivity contribution in [3.8, 4) is 0 Å². The molecule has 39 heavy (non-hydrogen) atoms. The molecule has 214 valence electrons. The third-order valence-corrected chi connectivity index (χ3v) is 9.13. The number of halogens is 3. The van der Waals surface area contributed by atoms with Crippen molar-refractivity contribution < 1.29 is 27.6 Å². The molecule has 2 aliphatic heterocycles. The Balaban J connectivity index is 1.31. The van der Waals surface area contributed by atoms with Crippen LogP contribution in [0, 0.1) is 11.3 Å². The lowest BCUT2D eigenvalue weighted by Crippen LogP contribution is -2.52. The second-order valence-electron chi connectivity index (χ2n) is 12.9. The summed E-state index contributed by atoms with van der Waals surface area (Å²) in [5, 5.41) is 9.31. The van der Waals surface area contributed by atoms with Gasteiger partial charge in [0.05, 0.1) is 6.42 Å². The van der Waals surface area contributed by atoms with Gasteiger partial charge in [0.2, 0.25) is 11.8 Å². The van der Waals surface area contributed by atoms with Crippen LogP contribution in [0.15, 0.2) is 18.2 Å². The van der Waals surface area contributed by atoms with Crippen LogP contribution in [-0.2, 0) is 16.1 Å². The molecular weight excluding hydrogens is 509 g/mol. The average Bonchev–Trinajstić information content (AvgIpc) is 3.16. The number of nitrogens with one attached hydrogen (secondary N) is 3.